The number of benzene rings is 1. The van der Waals surface area contributed by atoms with Crippen LogP contribution < -0.4 is 0 Å². The maximum atomic E-state index is 12.6. The van der Waals surface area contributed by atoms with Crippen molar-refractivity contribution in [1.29, 1.82) is 5.26 Å². The highest BCUT2D eigenvalue weighted by Crippen LogP contribution is 2.35. The summed E-state index contributed by atoms with van der Waals surface area (Å²) < 4.78 is 5.58. The van der Waals surface area contributed by atoms with E-state index in [-0.39, 0.29) is 12.1 Å². The van der Waals surface area contributed by atoms with Crippen molar-refractivity contribution in [3.05, 3.63) is 40.2 Å². The second-order valence-electron chi connectivity index (χ2n) is 7.45. The van der Waals surface area contributed by atoms with Gasteiger partial charge in [0.25, 0.3) is 0 Å². The lowest BCUT2D eigenvalue weighted by atomic mass is 10.0. The lowest BCUT2D eigenvalue weighted by Gasteiger charge is -2.35. The normalized spacial score (nSPS) is 17.6. The van der Waals surface area contributed by atoms with Crippen LogP contribution in [0.3, 0.4) is 0 Å². The third-order valence-corrected chi connectivity index (χ3v) is 5.17. The molecule has 136 valence electrons. The van der Waals surface area contributed by atoms with E-state index in [1.807, 2.05) is 49.3 Å². The van der Waals surface area contributed by atoms with Gasteiger partial charge in [0, 0.05) is 17.5 Å². The molecule has 0 radical (unpaired) electrons. The molecule has 1 aliphatic heterocycles. The van der Waals surface area contributed by atoms with E-state index in [9.17, 15) is 4.79 Å². The molecule has 5 nitrogen and oxygen atoms in total. The van der Waals surface area contributed by atoms with Crippen molar-refractivity contribution < 1.29 is 9.53 Å². The molecule has 1 atom stereocenters. The number of carbonyl (C=O) groups excluding carboxylic acids is 1. The summed E-state index contributed by atoms with van der Waals surface area (Å²) in [5.74, 6) is 0. The number of nitrogens with zero attached hydrogens (tertiary/aromatic N) is 3. The van der Waals surface area contributed by atoms with Crippen molar-refractivity contribution in [3.63, 3.8) is 0 Å². The van der Waals surface area contributed by atoms with Crippen LogP contribution in [0.25, 0.3) is 11.3 Å². The number of piperidine rings is 1. The van der Waals surface area contributed by atoms with Crippen molar-refractivity contribution in [2.24, 2.45) is 0 Å². The molecule has 26 heavy (non-hydrogen) atoms. The molecule has 0 saturated carbocycles. The quantitative estimate of drug-likeness (QED) is 0.735. The Morgan fingerprint density at radius 2 is 2.19 bits per heavy atom. The fourth-order valence-corrected chi connectivity index (χ4v) is 4.02. The van der Waals surface area contributed by atoms with Crippen LogP contribution in [0.1, 0.15) is 56.6 Å². The van der Waals surface area contributed by atoms with E-state index >= 15 is 0 Å². The van der Waals surface area contributed by atoms with Gasteiger partial charge in [0.1, 0.15) is 10.6 Å². The average Bonchev–Trinajstić information content (AvgIpc) is 3.10. The number of hydrogen-bond acceptors (Lipinski definition) is 5. The van der Waals surface area contributed by atoms with Gasteiger partial charge in [-0.25, -0.2) is 9.78 Å². The van der Waals surface area contributed by atoms with Gasteiger partial charge in [-0.05, 0) is 52.2 Å². The number of hydrogen-bond donors (Lipinski definition) is 0. The first kappa shape index (κ1) is 18.4. The summed E-state index contributed by atoms with van der Waals surface area (Å²) in [5.41, 5.74) is 1.87. The molecule has 3 rings (SSSR count). The van der Waals surface area contributed by atoms with E-state index in [0.717, 1.165) is 35.5 Å². The molecule has 1 fully saturated rings. The van der Waals surface area contributed by atoms with Gasteiger partial charge in [-0.2, -0.15) is 5.26 Å². The Labute approximate surface area is 158 Å². The maximum Gasteiger partial charge on any atom is 0.410 e. The molecule has 0 spiro atoms. The van der Waals surface area contributed by atoms with E-state index < -0.39 is 5.60 Å². The number of amides is 1. The number of rotatable bonds is 2. The van der Waals surface area contributed by atoms with E-state index in [1.54, 1.807) is 17.4 Å². The van der Waals surface area contributed by atoms with Crippen LogP contribution in [-0.2, 0) is 4.74 Å². The molecule has 1 aromatic carbocycles. The summed E-state index contributed by atoms with van der Waals surface area (Å²) in [6.45, 7) is 6.34. The van der Waals surface area contributed by atoms with Crippen LogP contribution in [-0.4, -0.2) is 28.1 Å². The predicted molar refractivity (Wildman–Crippen MR) is 102 cm³/mol. The number of carbonyl (C=O) groups is 1. The standard InChI is InChI=1S/C20H23N3O2S/c1-20(2,3)25-19(24)23-10-5-4-9-17(23)18-22-16(13-26-18)15-8-6-7-14(11-15)12-21/h6-8,11,13,17H,4-5,9-10H2,1-3H3. The van der Waals surface area contributed by atoms with Gasteiger partial charge in [-0.15, -0.1) is 11.3 Å². The minimum absolute atomic E-state index is 0.0449. The zero-order valence-corrected chi connectivity index (χ0v) is 16.2. The van der Waals surface area contributed by atoms with E-state index in [0.29, 0.717) is 12.1 Å². The molecule has 1 aliphatic rings. The van der Waals surface area contributed by atoms with Crippen LogP contribution >= 0.6 is 11.3 Å². The van der Waals surface area contributed by atoms with Gasteiger partial charge in [0.2, 0.25) is 0 Å². The summed E-state index contributed by atoms with van der Waals surface area (Å²) in [4.78, 5) is 19.2. The van der Waals surface area contributed by atoms with Crippen LogP contribution in [0.4, 0.5) is 4.79 Å². The molecular formula is C20H23N3O2S. The van der Waals surface area contributed by atoms with E-state index in [4.69, 9.17) is 15.0 Å². The first-order valence-electron chi connectivity index (χ1n) is 8.83. The zero-order valence-electron chi connectivity index (χ0n) is 15.4. The van der Waals surface area contributed by atoms with Gasteiger partial charge < -0.3 is 4.74 Å². The van der Waals surface area contributed by atoms with Crippen LogP contribution in [0, 0.1) is 11.3 Å². The number of nitriles is 1. The highest BCUT2D eigenvalue weighted by Gasteiger charge is 2.33. The largest absolute Gasteiger partial charge is 0.444 e. The van der Waals surface area contributed by atoms with Crippen molar-refractivity contribution in [1.82, 2.24) is 9.88 Å². The first-order chi connectivity index (χ1) is 12.4. The SMILES string of the molecule is CC(C)(C)OC(=O)N1CCCCC1c1nc(-c2cccc(C#N)c2)cs1. The number of ether oxygens (including phenoxy) is 1. The van der Waals surface area contributed by atoms with Crippen molar-refractivity contribution in [2.75, 3.05) is 6.54 Å². The van der Waals surface area contributed by atoms with E-state index in [2.05, 4.69) is 6.07 Å². The van der Waals surface area contributed by atoms with Gasteiger partial charge >= 0.3 is 6.09 Å². The van der Waals surface area contributed by atoms with Crippen LogP contribution in [0.5, 0.6) is 0 Å². The molecule has 0 N–H and O–H groups in total. The minimum atomic E-state index is -0.509. The Bertz CT molecular complexity index is 832. The van der Waals surface area contributed by atoms with E-state index in [1.165, 1.54) is 0 Å². The van der Waals surface area contributed by atoms with Crippen molar-refractivity contribution >= 4 is 17.4 Å². The number of likely N-dealkylation sites (tertiary alicyclic amines) is 1. The third-order valence-electron chi connectivity index (χ3n) is 4.23. The molecule has 2 heterocycles. The Morgan fingerprint density at radius 3 is 2.92 bits per heavy atom. The fraction of sp³-hybridized carbons (Fsp3) is 0.450. The fourth-order valence-electron chi connectivity index (χ4n) is 3.05. The third kappa shape index (κ3) is 4.23. The average molecular weight is 369 g/mol. The molecule has 1 aromatic heterocycles. The van der Waals surface area contributed by atoms with Gasteiger partial charge in [0.05, 0.1) is 23.4 Å². The number of thiazole rings is 1. The summed E-state index contributed by atoms with van der Waals surface area (Å²) in [6.07, 6.45) is 2.68. The Kier molecular flexibility index (Phi) is 5.28. The Balaban J connectivity index is 1.84. The molecule has 1 amide bonds. The maximum absolute atomic E-state index is 12.6. The molecule has 1 saturated heterocycles. The highest BCUT2D eigenvalue weighted by molar-refractivity contribution is 7.10. The van der Waals surface area contributed by atoms with Crippen LogP contribution in [0.2, 0.25) is 0 Å². The predicted octanol–water partition coefficient (Wildman–Crippen LogP) is 5.14. The lowest BCUT2D eigenvalue weighted by Crippen LogP contribution is -2.41. The summed E-state index contributed by atoms with van der Waals surface area (Å²) in [6, 6.07) is 9.54. The topological polar surface area (TPSA) is 66.2 Å². The summed E-state index contributed by atoms with van der Waals surface area (Å²) in [5, 5.41) is 12.0. The van der Waals surface area contributed by atoms with Crippen molar-refractivity contribution in [2.45, 2.75) is 51.7 Å². The van der Waals surface area contributed by atoms with Gasteiger partial charge in [0.15, 0.2) is 0 Å². The van der Waals surface area contributed by atoms with Gasteiger partial charge in [-0.1, -0.05) is 12.1 Å². The summed E-state index contributed by atoms with van der Waals surface area (Å²) >= 11 is 1.56. The molecular weight excluding hydrogens is 346 g/mol. The number of aromatic nitrogens is 1. The second kappa shape index (κ2) is 7.46. The smallest absolute Gasteiger partial charge is 0.410 e. The zero-order chi connectivity index (χ0) is 18.7. The molecule has 1 unspecified atom stereocenters. The second-order valence-corrected chi connectivity index (χ2v) is 8.34. The first-order valence-corrected chi connectivity index (χ1v) is 9.71. The Morgan fingerprint density at radius 1 is 1.38 bits per heavy atom. The monoisotopic (exact) mass is 369 g/mol. The molecule has 6 heteroatoms. The highest BCUT2D eigenvalue weighted by atomic mass is 32.1. The molecule has 2 aromatic rings. The van der Waals surface area contributed by atoms with Gasteiger partial charge in [-0.3, -0.25) is 4.90 Å². The molecule has 0 bridgehead atoms. The summed E-state index contributed by atoms with van der Waals surface area (Å²) in [7, 11) is 0. The van der Waals surface area contributed by atoms with Crippen LogP contribution in [0.15, 0.2) is 29.6 Å². The Hall–Kier alpha value is -2.39. The minimum Gasteiger partial charge on any atom is -0.444 e. The van der Waals surface area contributed by atoms with Crippen molar-refractivity contribution in [3.8, 4) is 17.3 Å². The lowest BCUT2D eigenvalue weighted by molar-refractivity contribution is 0.00950. The molecule has 0 aliphatic carbocycles.